The van der Waals surface area contributed by atoms with Crippen molar-refractivity contribution in [2.24, 2.45) is 22.7 Å². The Bertz CT molecular complexity index is 925. The Labute approximate surface area is 185 Å². The summed E-state index contributed by atoms with van der Waals surface area (Å²) in [5.74, 6) is 1.72. The van der Waals surface area contributed by atoms with Gasteiger partial charge in [-0.25, -0.2) is 0 Å². The third-order valence-corrected chi connectivity index (χ3v) is 7.99. The molecule has 1 aromatic carbocycles. The van der Waals surface area contributed by atoms with E-state index in [2.05, 4.69) is 10.6 Å². The number of para-hydroxylation sites is 2. The quantitative estimate of drug-likeness (QED) is 0.539. The first-order chi connectivity index (χ1) is 14.9. The maximum absolute atomic E-state index is 12.6. The normalized spacial score (nSPS) is 34.6. The Balaban J connectivity index is 1.23. The predicted octanol–water partition coefficient (Wildman–Crippen LogP) is 3.50. The summed E-state index contributed by atoms with van der Waals surface area (Å²) in [4.78, 5) is 41.4. The monoisotopic (exact) mass is 441 g/mol. The minimum atomic E-state index is -0.506. The zero-order valence-corrected chi connectivity index (χ0v) is 18.4. The topological polar surface area (TPSA) is 96.9 Å². The van der Waals surface area contributed by atoms with Crippen molar-refractivity contribution in [3.8, 4) is 5.75 Å². The molecule has 0 radical (unpaired) electrons. The van der Waals surface area contributed by atoms with Crippen LogP contribution in [0.3, 0.4) is 0 Å². The summed E-state index contributed by atoms with van der Waals surface area (Å²) in [5.41, 5.74) is 0.401. The lowest BCUT2D eigenvalue weighted by Gasteiger charge is -2.55. The molecule has 0 aromatic heterocycles. The standard InChI is InChI=1S/C23H27N3O4S/c1-13(27)30-18-5-3-2-4-17(18)24-20(28)9-19-21(29)25-22(31-19)26-23-10-14-6-15(11-23)8-16(7-14)12-23/h2-5,14-16,19H,6-12H2,1H3,(H,24,28)(H,25,26,29). The fourth-order valence-corrected chi connectivity index (χ4v) is 7.27. The number of hydrogen-bond donors (Lipinski definition) is 2. The molecule has 31 heavy (non-hydrogen) atoms. The van der Waals surface area contributed by atoms with Crippen LogP contribution in [0, 0.1) is 17.8 Å². The molecule has 7 nitrogen and oxygen atoms in total. The van der Waals surface area contributed by atoms with Crippen LogP contribution in [0.5, 0.6) is 5.75 Å². The highest BCUT2D eigenvalue weighted by Crippen LogP contribution is 2.57. The van der Waals surface area contributed by atoms with Crippen LogP contribution in [-0.4, -0.2) is 33.7 Å². The van der Waals surface area contributed by atoms with Crippen molar-refractivity contribution in [1.29, 1.82) is 0 Å². The number of amidine groups is 1. The van der Waals surface area contributed by atoms with Crippen molar-refractivity contribution < 1.29 is 19.1 Å². The summed E-state index contributed by atoms with van der Waals surface area (Å²) in [5, 5.41) is 5.83. The molecular weight excluding hydrogens is 414 g/mol. The summed E-state index contributed by atoms with van der Waals surface area (Å²) < 4.78 is 5.13. The van der Waals surface area contributed by atoms with E-state index in [0.29, 0.717) is 10.9 Å². The zero-order chi connectivity index (χ0) is 21.6. The number of benzene rings is 1. The largest absolute Gasteiger partial charge is 0.424 e. The molecule has 1 saturated heterocycles. The number of hydrogen-bond acceptors (Lipinski definition) is 6. The van der Waals surface area contributed by atoms with Gasteiger partial charge in [-0.1, -0.05) is 23.9 Å². The Morgan fingerprint density at radius 2 is 1.81 bits per heavy atom. The molecule has 2 amide bonds. The average molecular weight is 442 g/mol. The Morgan fingerprint density at radius 1 is 1.16 bits per heavy atom. The van der Waals surface area contributed by atoms with E-state index in [-0.39, 0.29) is 29.5 Å². The highest BCUT2D eigenvalue weighted by atomic mass is 32.2. The number of anilines is 1. The molecule has 1 atom stereocenters. The van der Waals surface area contributed by atoms with Gasteiger partial charge in [0.05, 0.1) is 11.2 Å². The van der Waals surface area contributed by atoms with Crippen molar-refractivity contribution in [1.82, 2.24) is 5.32 Å². The molecule has 0 spiro atoms. The van der Waals surface area contributed by atoms with Crippen LogP contribution >= 0.6 is 11.8 Å². The van der Waals surface area contributed by atoms with Crippen LogP contribution in [-0.2, 0) is 14.4 Å². The van der Waals surface area contributed by atoms with E-state index in [1.807, 2.05) is 0 Å². The number of esters is 1. The molecule has 6 rings (SSSR count). The van der Waals surface area contributed by atoms with Gasteiger partial charge in [-0.2, -0.15) is 0 Å². The summed E-state index contributed by atoms with van der Waals surface area (Å²) in [6.45, 7) is 1.31. The SMILES string of the molecule is CC(=O)Oc1ccccc1NC(=O)CC1SC(=NC23CC4CC(CC(C4)C2)C3)NC1=O. The lowest BCUT2D eigenvalue weighted by Crippen LogP contribution is -2.50. The van der Waals surface area contributed by atoms with Gasteiger partial charge in [0.1, 0.15) is 5.25 Å². The number of nitrogens with one attached hydrogen (secondary N) is 2. The van der Waals surface area contributed by atoms with Crippen molar-refractivity contribution >= 4 is 40.4 Å². The van der Waals surface area contributed by atoms with Gasteiger partial charge < -0.3 is 15.4 Å². The van der Waals surface area contributed by atoms with E-state index in [4.69, 9.17) is 9.73 Å². The third kappa shape index (κ3) is 4.35. The number of aliphatic imine (C=N–C) groups is 1. The van der Waals surface area contributed by atoms with Gasteiger partial charge in [-0.05, 0) is 68.4 Å². The highest BCUT2D eigenvalue weighted by Gasteiger charge is 2.51. The second-order valence-corrected chi connectivity index (χ2v) is 10.7. The molecule has 4 bridgehead atoms. The number of rotatable bonds is 5. The average Bonchev–Trinajstić information content (AvgIpc) is 2.99. The van der Waals surface area contributed by atoms with E-state index >= 15 is 0 Å². The van der Waals surface area contributed by atoms with E-state index in [1.54, 1.807) is 24.3 Å². The Kier molecular flexibility index (Phi) is 5.28. The van der Waals surface area contributed by atoms with Crippen molar-refractivity contribution in [3.05, 3.63) is 24.3 Å². The number of thioether (sulfide) groups is 1. The number of amides is 2. The molecule has 1 aromatic rings. The zero-order valence-electron chi connectivity index (χ0n) is 17.6. The molecule has 4 saturated carbocycles. The lowest BCUT2D eigenvalue weighted by molar-refractivity contribution is -0.132. The Morgan fingerprint density at radius 3 is 2.45 bits per heavy atom. The first-order valence-corrected chi connectivity index (χ1v) is 11.9. The summed E-state index contributed by atoms with van der Waals surface area (Å²) in [6.07, 6.45) is 7.49. The third-order valence-electron chi connectivity index (χ3n) is 6.91. The maximum Gasteiger partial charge on any atom is 0.308 e. The van der Waals surface area contributed by atoms with Gasteiger partial charge >= 0.3 is 5.97 Å². The smallest absolute Gasteiger partial charge is 0.308 e. The molecule has 1 unspecified atom stereocenters. The second kappa shape index (κ2) is 7.97. The molecular formula is C23H27N3O4S. The van der Waals surface area contributed by atoms with Crippen molar-refractivity contribution in [2.45, 2.75) is 62.7 Å². The second-order valence-electron chi connectivity index (χ2n) is 9.50. The highest BCUT2D eigenvalue weighted by molar-refractivity contribution is 8.15. The predicted molar refractivity (Wildman–Crippen MR) is 119 cm³/mol. The molecule has 1 aliphatic heterocycles. The molecule has 2 N–H and O–H groups in total. The van der Waals surface area contributed by atoms with E-state index < -0.39 is 11.2 Å². The number of ether oxygens (including phenoxy) is 1. The van der Waals surface area contributed by atoms with Crippen LogP contribution in [0.15, 0.2) is 29.3 Å². The molecule has 8 heteroatoms. The van der Waals surface area contributed by atoms with Crippen LogP contribution < -0.4 is 15.4 Å². The first kappa shape index (κ1) is 20.5. The number of carbonyl (C=O) groups is 3. The van der Waals surface area contributed by atoms with E-state index in [1.165, 1.54) is 37.9 Å². The minimum Gasteiger partial charge on any atom is -0.424 e. The molecule has 5 fully saturated rings. The number of carbonyl (C=O) groups excluding carboxylic acids is 3. The van der Waals surface area contributed by atoms with Gasteiger partial charge in [0.2, 0.25) is 11.8 Å². The first-order valence-electron chi connectivity index (χ1n) is 11.0. The van der Waals surface area contributed by atoms with E-state index in [0.717, 1.165) is 37.0 Å². The number of nitrogens with zero attached hydrogens (tertiary/aromatic N) is 1. The molecule has 1 heterocycles. The summed E-state index contributed by atoms with van der Waals surface area (Å²) >= 11 is 1.36. The molecule has 164 valence electrons. The molecule has 4 aliphatic carbocycles. The summed E-state index contributed by atoms with van der Waals surface area (Å²) in [7, 11) is 0. The fourth-order valence-electron chi connectivity index (χ4n) is 6.19. The maximum atomic E-state index is 12.6. The minimum absolute atomic E-state index is 0.00944. The summed E-state index contributed by atoms with van der Waals surface area (Å²) in [6, 6.07) is 6.75. The van der Waals surface area contributed by atoms with Gasteiger partial charge in [0.25, 0.3) is 0 Å². The van der Waals surface area contributed by atoms with Crippen LogP contribution in [0.25, 0.3) is 0 Å². The van der Waals surface area contributed by atoms with Gasteiger partial charge in [0, 0.05) is 13.3 Å². The van der Waals surface area contributed by atoms with Gasteiger partial charge in [-0.3, -0.25) is 19.4 Å². The fraction of sp³-hybridized carbons (Fsp3) is 0.565. The molecule has 5 aliphatic rings. The Hall–Kier alpha value is -2.35. The lowest BCUT2D eigenvalue weighted by atomic mass is 9.53. The van der Waals surface area contributed by atoms with Crippen LogP contribution in [0.1, 0.15) is 51.9 Å². The van der Waals surface area contributed by atoms with Crippen LogP contribution in [0.4, 0.5) is 5.69 Å². The van der Waals surface area contributed by atoms with Crippen molar-refractivity contribution in [2.75, 3.05) is 5.32 Å². The van der Waals surface area contributed by atoms with Crippen molar-refractivity contribution in [3.63, 3.8) is 0 Å². The van der Waals surface area contributed by atoms with Gasteiger partial charge in [0.15, 0.2) is 10.9 Å². The van der Waals surface area contributed by atoms with Gasteiger partial charge in [-0.15, -0.1) is 0 Å². The van der Waals surface area contributed by atoms with E-state index in [9.17, 15) is 14.4 Å². The van der Waals surface area contributed by atoms with Crippen LogP contribution in [0.2, 0.25) is 0 Å².